The first-order valence-corrected chi connectivity index (χ1v) is 9.05. The molecule has 0 saturated carbocycles. The van der Waals surface area contributed by atoms with Crippen LogP contribution >= 0.6 is 0 Å². The van der Waals surface area contributed by atoms with E-state index in [0.29, 0.717) is 25.0 Å². The lowest BCUT2D eigenvalue weighted by Crippen LogP contribution is -2.31. The van der Waals surface area contributed by atoms with E-state index < -0.39 is 0 Å². The van der Waals surface area contributed by atoms with Gasteiger partial charge in [-0.3, -0.25) is 4.90 Å². The summed E-state index contributed by atoms with van der Waals surface area (Å²) in [6.45, 7) is 9.73. The minimum Gasteiger partial charge on any atom is -0.494 e. The molecule has 0 amide bonds. The largest absolute Gasteiger partial charge is 0.494 e. The van der Waals surface area contributed by atoms with Gasteiger partial charge in [-0.2, -0.15) is 0 Å². The van der Waals surface area contributed by atoms with Gasteiger partial charge in [-0.05, 0) is 62.4 Å². The Balaban J connectivity index is 1.57. The van der Waals surface area contributed by atoms with Gasteiger partial charge in [-0.1, -0.05) is 12.1 Å². The zero-order chi connectivity index (χ0) is 16.1. The molecule has 1 aromatic carbocycles. The van der Waals surface area contributed by atoms with Crippen LogP contribution in [0.3, 0.4) is 0 Å². The number of aliphatic hydroxyl groups is 1. The summed E-state index contributed by atoms with van der Waals surface area (Å²) >= 11 is 0. The Kier molecular flexibility index (Phi) is 5.92. The summed E-state index contributed by atoms with van der Waals surface area (Å²) in [5.41, 5.74) is 1.30. The molecule has 4 nitrogen and oxygen atoms in total. The van der Waals surface area contributed by atoms with E-state index in [1.807, 2.05) is 13.0 Å². The van der Waals surface area contributed by atoms with Gasteiger partial charge in [0.25, 0.3) is 0 Å². The molecule has 1 aromatic rings. The van der Waals surface area contributed by atoms with Gasteiger partial charge in [0.05, 0.1) is 6.61 Å². The average molecular weight is 318 g/mol. The third kappa shape index (κ3) is 4.46. The van der Waals surface area contributed by atoms with Gasteiger partial charge in [-0.25, -0.2) is 0 Å². The summed E-state index contributed by atoms with van der Waals surface area (Å²) in [4.78, 5) is 5.07. The van der Waals surface area contributed by atoms with Crippen LogP contribution in [-0.2, 0) is 6.54 Å². The number of hydrogen-bond donors (Lipinski definition) is 1. The zero-order valence-corrected chi connectivity index (χ0v) is 14.3. The Morgan fingerprint density at radius 1 is 1.13 bits per heavy atom. The van der Waals surface area contributed by atoms with E-state index in [0.717, 1.165) is 31.9 Å². The topological polar surface area (TPSA) is 35.9 Å². The van der Waals surface area contributed by atoms with Crippen LogP contribution in [0.1, 0.15) is 25.3 Å². The maximum absolute atomic E-state index is 9.74. The lowest BCUT2D eigenvalue weighted by atomic mass is 9.96. The maximum atomic E-state index is 9.74. The van der Waals surface area contributed by atoms with Crippen LogP contribution in [0, 0.1) is 11.8 Å². The van der Waals surface area contributed by atoms with Crippen LogP contribution < -0.4 is 4.74 Å². The number of likely N-dealkylation sites (tertiary alicyclic amines) is 2. The first-order chi connectivity index (χ1) is 11.3. The second-order valence-corrected chi connectivity index (χ2v) is 6.98. The predicted molar refractivity (Wildman–Crippen MR) is 92.6 cm³/mol. The molecule has 2 saturated heterocycles. The normalized spacial score (nSPS) is 26.0. The van der Waals surface area contributed by atoms with Gasteiger partial charge in [0.1, 0.15) is 5.75 Å². The number of rotatable bonds is 7. The Bertz CT molecular complexity index is 488. The molecule has 0 aliphatic carbocycles. The van der Waals surface area contributed by atoms with Gasteiger partial charge in [0.2, 0.25) is 0 Å². The number of nitrogens with zero attached hydrogens (tertiary/aromatic N) is 2. The van der Waals surface area contributed by atoms with Gasteiger partial charge >= 0.3 is 0 Å². The van der Waals surface area contributed by atoms with Crippen molar-refractivity contribution in [1.82, 2.24) is 9.80 Å². The summed E-state index contributed by atoms with van der Waals surface area (Å²) < 4.78 is 5.60. The molecule has 128 valence electrons. The van der Waals surface area contributed by atoms with Crippen LogP contribution in [0.2, 0.25) is 0 Å². The SMILES string of the molecule is CCOc1cccc(CN2C[C@@H](CN3CCCC3)[C@@H](CO)C2)c1. The van der Waals surface area contributed by atoms with Gasteiger partial charge < -0.3 is 14.7 Å². The molecule has 2 aliphatic heterocycles. The van der Waals surface area contributed by atoms with Crippen LogP contribution in [0.15, 0.2) is 24.3 Å². The quantitative estimate of drug-likeness (QED) is 0.836. The summed E-state index contributed by atoms with van der Waals surface area (Å²) in [6, 6.07) is 8.40. The number of hydrogen-bond acceptors (Lipinski definition) is 4. The number of aliphatic hydroxyl groups excluding tert-OH is 1. The van der Waals surface area contributed by atoms with Crippen molar-refractivity contribution in [2.75, 3.05) is 45.9 Å². The van der Waals surface area contributed by atoms with Gasteiger partial charge in [-0.15, -0.1) is 0 Å². The fraction of sp³-hybridized carbons (Fsp3) is 0.684. The monoisotopic (exact) mass is 318 g/mol. The predicted octanol–water partition coefficient (Wildman–Crippen LogP) is 2.22. The van der Waals surface area contributed by atoms with Crippen LogP contribution in [0.5, 0.6) is 5.75 Å². The van der Waals surface area contributed by atoms with Crippen molar-refractivity contribution in [2.45, 2.75) is 26.3 Å². The third-order valence-electron chi connectivity index (χ3n) is 5.19. The van der Waals surface area contributed by atoms with E-state index in [9.17, 15) is 5.11 Å². The molecule has 2 atom stereocenters. The zero-order valence-electron chi connectivity index (χ0n) is 14.3. The first kappa shape index (κ1) is 16.7. The summed E-state index contributed by atoms with van der Waals surface area (Å²) in [6.07, 6.45) is 2.68. The molecule has 4 heteroatoms. The van der Waals surface area contributed by atoms with E-state index in [-0.39, 0.29) is 0 Å². The highest BCUT2D eigenvalue weighted by atomic mass is 16.5. The Morgan fingerprint density at radius 3 is 2.65 bits per heavy atom. The highest BCUT2D eigenvalue weighted by molar-refractivity contribution is 5.28. The molecule has 3 rings (SSSR count). The second kappa shape index (κ2) is 8.13. The lowest BCUT2D eigenvalue weighted by Gasteiger charge is -2.23. The molecule has 0 unspecified atom stereocenters. The number of ether oxygens (including phenoxy) is 1. The van der Waals surface area contributed by atoms with Gasteiger partial charge in [0, 0.05) is 32.8 Å². The molecule has 2 fully saturated rings. The average Bonchev–Trinajstić information content (AvgIpc) is 3.18. The van der Waals surface area contributed by atoms with Crippen molar-refractivity contribution in [3.8, 4) is 5.75 Å². The standard InChI is InChI=1S/C19H30N2O2/c1-2-23-19-7-5-6-16(10-19)11-21-13-17(18(14-21)15-22)12-20-8-3-4-9-20/h5-7,10,17-18,22H,2-4,8-9,11-15H2,1H3/t17-,18-/m1/s1. The van der Waals surface area contributed by atoms with Crippen molar-refractivity contribution >= 4 is 0 Å². The van der Waals surface area contributed by atoms with E-state index in [1.165, 1.54) is 31.5 Å². The molecule has 0 bridgehead atoms. The molecule has 0 spiro atoms. The fourth-order valence-corrected chi connectivity index (χ4v) is 4.03. The minimum absolute atomic E-state index is 0.313. The van der Waals surface area contributed by atoms with Crippen LogP contribution in [0.4, 0.5) is 0 Å². The fourth-order valence-electron chi connectivity index (χ4n) is 4.03. The molecule has 0 aromatic heterocycles. The molecular weight excluding hydrogens is 288 g/mol. The molecule has 0 radical (unpaired) electrons. The summed E-state index contributed by atoms with van der Waals surface area (Å²) in [5.74, 6) is 1.98. The van der Waals surface area contributed by atoms with E-state index in [2.05, 4.69) is 28.0 Å². The summed E-state index contributed by atoms with van der Waals surface area (Å²) in [7, 11) is 0. The molecule has 23 heavy (non-hydrogen) atoms. The minimum atomic E-state index is 0.313. The maximum Gasteiger partial charge on any atom is 0.119 e. The lowest BCUT2D eigenvalue weighted by molar-refractivity contribution is 0.175. The van der Waals surface area contributed by atoms with Crippen molar-refractivity contribution < 1.29 is 9.84 Å². The van der Waals surface area contributed by atoms with Crippen LogP contribution in [-0.4, -0.2) is 60.8 Å². The number of benzene rings is 1. The summed E-state index contributed by atoms with van der Waals surface area (Å²) in [5, 5.41) is 9.74. The molecule has 2 aliphatic rings. The molecular formula is C19H30N2O2. The van der Waals surface area contributed by atoms with Crippen molar-refractivity contribution in [2.24, 2.45) is 11.8 Å². The van der Waals surface area contributed by atoms with Crippen molar-refractivity contribution in [1.29, 1.82) is 0 Å². The highest BCUT2D eigenvalue weighted by Gasteiger charge is 2.33. The Morgan fingerprint density at radius 2 is 1.91 bits per heavy atom. The molecule has 1 N–H and O–H groups in total. The highest BCUT2D eigenvalue weighted by Crippen LogP contribution is 2.27. The first-order valence-electron chi connectivity index (χ1n) is 9.05. The molecule has 2 heterocycles. The third-order valence-corrected chi connectivity index (χ3v) is 5.19. The second-order valence-electron chi connectivity index (χ2n) is 6.98. The van der Waals surface area contributed by atoms with Crippen LogP contribution in [0.25, 0.3) is 0 Å². The Labute approximate surface area is 140 Å². The van der Waals surface area contributed by atoms with E-state index in [4.69, 9.17) is 4.74 Å². The van der Waals surface area contributed by atoms with Gasteiger partial charge in [0.15, 0.2) is 0 Å². The van der Waals surface area contributed by atoms with E-state index in [1.54, 1.807) is 0 Å². The van der Waals surface area contributed by atoms with E-state index >= 15 is 0 Å². The smallest absolute Gasteiger partial charge is 0.119 e. The Hall–Kier alpha value is -1.10. The van der Waals surface area contributed by atoms with Crippen molar-refractivity contribution in [3.05, 3.63) is 29.8 Å². The van der Waals surface area contributed by atoms with Crippen molar-refractivity contribution in [3.63, 3.8) is 0 Å².